The molecule has 3 aromatic carbocycles. The molecular weight excluding hydrogens is 517 g/mol. The maximum atomic E-state index is 14.9. The average Bonchev–Trinajstić information content (AvgIpc) is 2.82. The molecule has 0 unspecified atom stereocenters. The van der Waals surface area contributed by atoms with Gasteiger partial charge in [-0.1, -0.05) is 42.3 Å². The van der Waals surface area contributed by atoms with Gasteiger partial charge in [-0.25, -0.2) is 17.6 Å². The second kappa shape index (κ2) is 11.3. The molecule has 10 heteroatoms. The zero-order valence-corrected chi connectivity index (χ0v) is 21.8. The zero-order chi connectivity index (χ0) is 26.6. The molecule has 4 rings (SSSR count). The summed E-state index contributed by atoms with van der Waals surface area (Å²) in [5.74, 6) is -0.950. The van der Waals surface area contributed by atoms with Gasteiger partial charge in [0.15, 0.2) is 9.84 Å². The normalized spacial score (nSPS) is 13.5. The lowest BCUT2D eigenvalue weighted by Crippen LogP contribution is -2.44. The Morgan fingerprint density at radius 2 is 1.73 bits per heavy atom. The quantitative estimate of drug-likeness (QED) is 0.374. The number of hydrogen-bond donors (Lipinski definition) is 2. The molecule has 194 valence electrons. The molecule has 3 aromatic rings. The largest absolute Gasteiger partial charge is 0.322 e. The predicted molar refractivity (Wildman–Crippen MR) is 143 cm³/mol. The second-order valence-electron chi connectivity index (χ2n) is 9.13. The number of urea groups is 1. The number of anilines is 2. The minimum Gasteiger partial charge on any atom is -0.322 e. The van der Waals surface area contributed by atoms with E-state index in [2.05, 4.69) is 10.6 Å². The fourth-order valence-electron chi connectivity index (χ4n) is 4.12. The molecule has 1 saturated carbocycles. The Labute approximate surface area is 220 Å². The molecule has 1 aliphatic rings. The standard InChI is InChI=1S/C27H27ClFN3O4S/c1-37(35,36)25-8-3-2-7-22(25)19-9-14-24(23(29)15-19)31-26(33)17-32(16-18-5-4-6-18)27(34)30-21-12-10-20(28)11-13-21/h2-3,7-15,18H,4-6,16-17H2,1H3,(H,30,34)(H,31,33). The van der Waals surface area contributed by atoms with Crippen molar-refractivity contribution in [2.24, 2.45) is 5.92 Å². The third-order valence-corrected chi connectivity index (χ3v) is 7.67. The van der Waals surface area contributed by atoms with E-state index in [4.69, 9.17) is 11.6 Å². The van der Waals surface area contributed by atoms with Crippen LogP contribution in [0.4, 0.5) is 20.6 Å². The Balaban J connectivity index is 1.47. The van der Waals surface area contributed by atoms with E-state index in [-0.39, 0.29) is 17.1 Å². The number of nitrogens with one attached hydrogen (secondary N) is 2. The first-order valence-electron chi connectivity index (χ1n) is 11.8. The van der Waals surface area contributed by atoms with Gasteiger partial charge in [-0.2, -0.15) is 0 Å². The smallest absolute Gasteiger partial charge is 0.322 e. The summed E-state index contributed by atoms with van der Waals surface area (Å²) in [5.41, 5.74) is 1.22. The summed E-state index contributed by atoms with van der Waals surface area (Å²) < 4.78 is 39.2. The van der Waals surface area contributed by atoms with E-state index in [0.29, 0.717) is 34.3 Å². The van der Waals surface area contributed by atoms with Crippen molar-refractivity contribution in [1.82, 2.24) is 4.90 Å². The summed E-state index contributed by atoms with van der Waals surface area (Å²) in [6, 6.07) is 16.6. The fourth-order valence-corrected chi connectivity index (χ4v) is 5.15. The van der Waals surface area contributed by atoms with Gasteiger partial charge >= 0.3 is 6.03 Å². The van der Waals surface area contributed by atoms with Gasteiger partial charge in [0.05, 0.1) is 10.6 Å². The molecule has 0 aromatic heterocycles. The van der Waals surface area contributed by atoms with Crippen LogP contribution in [-0.2, 0) is 14.6 Å². The van der Waals surface area contributed by atoms with Crippen LogP contribution >= 0.6 is 11.6 Å². The van der Waals surface area contributed by atoms with E-state index < -0.39 is 27.6 Å². The van der Waals surface area contributed by atoms with Crippen molar-refractivity contribution in [3.8, 4) is 11.1 Å². The number of carbonyl (C=O) groups is 2. The zero-order valence-electron chi connectivity index (χ0n) is 20.2. The number of carbonyl (C=O) groups excluding carboxylic acids is 2. The monoisotopic (exact) mass is 543 g/mol. The summed E-state index contributed by atoms with van der Waals surface area (Å²) in [7, 11) is -3.52. The lowest BCUT2D eigenvalue weighted by molar-refractivity contribution is -0.116. The molecule has 0 heterocycles. The number of nitrogens with zero attached hydrogens (tertiary/aromatic N) is 1. The number of rotatable bonds is 8. The first kappa shape index (κ1) is 26.6. The SMILES string of the molecule is CS(=O)(=O)c1ccccc1-c1ccc(NC(=O)CN(CC2CCC2)C(=O)Nc2ccc(Cl)cc2)c(F)c1. The molecular formula is C27H27ClFN3O4S. The van der Waals surface area contributed by atoms with Crippen molar-refractivity contribution in [3.63, 3.8) is 0 Å². The van der Waals surface area contributed by atoms with Crippen LogP contribution in [0.15, 0.2) is 71.6 Å². The van der Waals surface area contributed by atoms with E-state index in [1.165, 1.54) is 23.1 Å². The lowest BCUT2D eigenvalue weighted by Gasteiger charge is -2.32. The lowest BCUT2D eigenvalue weighted by atomic mass is 9.85. The topological polar surface area (TPSA) is 95.6 Å². The van der Waals surface area contributed by atoms with Gasteiger partial charge in [0.1, 0.15) is 12.4 Å². The summed E-state index contributed by atoms with van der Waals surface area (Å²) in [5, 5.41) is 5.84. The van der Waals surface area contributed by atoms with Crippen molar-refractivity contribution in [2.45, 2.75) is 24.2 Å². The molecule has 2 N–H and O–H groups in total. The van der Waals surface area contributed by atoms with E-state index >= 15 is 0 Å². The Kier molecular flexibility index (Phi) is 8.14. The number of amides is 3. The molecule has 0 atom stereocenters. The second-order valence-corrected chi connectivity index (χ2v) is 11.5. The van der Waals surface area contributed by atoms with Crippen LogP contribution in [0.5, 0.6) is 0 Å². The van der Waals surface area contributed by atoms with Crippen LogP contribution in [0.3, 0.4) is 0 Å². The van der Waals surface area contributed by atoms with Crippen molar-refractivity contribution < 1.29 is 22.4 Å². The highest BCUT2D eigenvalue weighted by Crippen LogP contribution is 2.30. The highest BCUT2D eigenvalue weighted by atomic mass is 35.5. The fraction of sp³-hybridized carbons (Fsp3) is 0.259. The van der Waals surface area contributed by atoms with Crippen LogP contribution in [0.1, 0.15) is 19.3 Å². The van der Waals surface area contributed by atoms with Gasteiger partial charge in [0, 0.05) is 29.1 Å². The van der Waals surface area contributed by atoms with Gasteiger partial charge < -0.3 is 15.5 Å². The first-order valence-corrected chi connectivity index (χ1v) is 14.1. The van der Waals surface area contributed by atoms with Crippen LogP contribution in [0.2, 0.25) is 5.02 Å². The maximum Gasteiger partial charge on any atom is 0.322 e. The predicted octanol–water partition coefficient (Wildman–Crippen LogP) is 5.82. The summed E-state index contributed by atoms with van der Waals surface area (Å²) >= 11 is 5.90. The number of hydrogen-bond acceptors (Lipinski definition) is 4. The minimum atomic E-state index is -3.52. The Bertz CT molecular complexity index is 1410. The average molecular weight is 544 g/mol. The highest BCUT2D eigenvalue weighted by molar-refractivity contribution is 7.90. The summed E-state index contributed by atoms with van der Waals surface area (Å²) in [6.07, 6.45) is 4.15. The molecule has 0 bridgehead atoms. The summed E-state index contributed by atoms with van der Waals surface area (Å²) in [4.78, 5) is 27.2. The Morgan fingerprint density at radius 3 is 2.35 bits per heavy atom. The number of sulfone groups is 1. The van der Waals surface area contributed by atoms with Crippen LogP contribution in [0.25, 0.3) is 11.1 Å². The molecule has 1 aliphatic carbocycles. The molecule has 37 heavy (non-hydrogen) atoms. The number of halogens is 2. The van der Waals surface area contributed by atoms with Crippen LogP contribution in [0, 0.1) is 11.7 Å². The van der Waals surface area contributed by atoms with E-state index in [1.54, 1.807) is 48.5 Å². The van der Waals surface area contributed by atoms with E-state index in [0.717, 1.165) is 25.5 Å². The first-order chi connectivity index (χ1) is 17.6. The molecule has 7 nitrogen and oxygen atoms in total. The Morgan fingerprint density at radius 1 is 1.03 bits per heavy atom. The van der Waals surface area contributed by atoms with Crippen molar-refractivity contribution in [3.05, 3.63) is 77.6 Å². The number of benzene rings is 3. The maximum absolute atomic E-state index is 14.9. The molecule has 0 aliphatic heterocycles. The van der Waals surface area contributed by atoms with Gasteiger partial charge in [-0.3, -0.25) is 4.79 Å². The van der Waals surface area contributed by atoms with Gasteiger partial charge in [-0.15, -0.1) is 0 Å². The van der Waals surface area contributed by atoms with Crippen molar-refractivity contribution in [1.29, 1.82) is 0 Å². The van der Waals surface area contributed by atoms with Crippen LogP contribution < -0.4 is 10.6 Å². The Hall–Kier alpha value is -3.43. The van der Waals surface area contributed by atoms with E-state index in [1.807, 2.05) is 0 Å². The minimum absolute atomic E-state index is 0.0627. The molecule has 3 amide bonds. The van der Waals surface area contributed by atoms with Crippen molar-refractivity contribution in [2.75, 3.05) is 30.0 Å². The highest BCUT2D eigenvalue weighted by Gasteiger charge is 2.26. The molecule has 1 fully saturated rings. The van der Waals surface area contributed by atoms with Gasteiger partial charge in [0.2, 0.25) is 5.91 Å². The molecule has 0 saturated heterocycles. The molecule has 0 spiro atoms. The van der Waals surface area contributed by atoms with Crippen LogP contribution in [-0.4, -0.2) is 44.6 Å². The third-order valence-electron chi connectivity index (χ3n) is 6.26. The van der Waals surface area contributed by atoms with Gasteiger partial charge in [-0.05, 0) is 66.8 Å². The molecule has 0 radical (unpaired) electrons. The van der Waals surface area contributed by atoms with E-state index in [9.17, 15) is 22.4 Å². The summed E-state index contributed by atoms with van der Waals surface area (Å²) in [6.45, 7) is 0.157. The van der Waals surface area contributed by atoms with Crippen molar-refractivity contribution >= 4 is 44.8 Å². The third kappa shape index (κ3) is 6.87. The van der Waals surface area contributed by atoms with Gasteiger partial charge in [0.25, 0.3) is 0 Å².